The second-order valence-electron chi connectivity index (χ2n) is 4.35. The summed E-state index contributed by atoms with van der Waals surface area (Å²) in [5.74, 6) is 0.249. The number of halogens is 3. The first-order chi connectivity index (χ1) is 10.1. The van der Waals surface area contributed by atoms with Gasteiger partial charge < -0.3 is 10.5 Å². The normalized spacial score (nSPS) is 10.8. The van der Waals surface area contributed by atoms with Crippen LogP contribution in [0.2, 0.25) is 5.02 Å². The van der Waals surface area contributed by atoms with E-state index in [0.717, 1.165) is 5.39 Å². The number of nitrogen functional groups attached to an aromatic ring is 1. The van der Waals surface area contributed by atoms with Gasteiger partial charge in [0.15, 0.2) is 5.75 Å². The number of fused-ring (bicyclic) bond motifs is 1. The summed E-state index contributed by atoms with van der Waals surface area (Å²) in [6.45, 7) is 0. The van der Waals surface area contributed by atoms with E-state index in [1.165, 1.54) is 12.1 Å². The molecule has 3 nitrogen and oxygen atoms in total. The summed E-state index contributed by atoms with van der Waals surface area (Å²) >= 11 is 9.01. The van der Waals surface area contributed by atoms with E-state index in [1.54, 1.807) is 24.4 Å². The van der Waals surface area contributed by atoms with Gasteiger partial charge >= 0.3 is 0 Å². The van der Waals surface area contributed by atoms with Crippen molar-refractivity contribution in [3.05, 3.63) is 57.9 Å². The lowest BCUT2D eigenvalue weighted by molar-refractivity contribution is 0.478. The van der Waals surface area contributed by atoms with Crippen LogP contribution < -0.4 is 10.5 Å². The van der Waals surface area contributed by atoms with Gasteiger partial charge in [-0.3, -0.25) is 4.98 Å². The molecule has 0 bridgehead atoms. The quantitative estimate of drug-likeness (QED) is 0.502. The van der Waals surface area contributed by atoms with Crippen molar-refractivity contribution in [2.45, 2.75) is 0 Å². The van der Waals surface area contributed by atoms with Gasteiger partial charge in [-0.1, -0.05) is 11.6 Å². The van der Waals surface area contributed by atoms with E-state index in [4.69, 9.17) is 22.1 Å². The maximum absolute atomic E-state index is 13.6. The van der Waals surface area contributed by atoms with E-state index < -0.39 is 5.82 Å². The lowest BCUT2D eigenvalue weighted by Gasteiger charge is -2.11. The van der Waals surface area contributed by atoms with Gasteiger partial charge in [0.05, 0.1) is 9.50 Å². The fraction of sp³-hybridized carbons (Fsp3) is 0. The molecule has 0 saturated carbocycles. The molecule has 0 amide bonds. The van der Waals surface area contributed by atoms with Crippen LogP contribution in [0.15, 0.2) is 47.1 Å². The molecule has 21 heavy (non-hydrogen) atoms. The topological polar surface area (TPSA) is 48.1 Å². The van der Waals surface area contributed by atoms with Gasteiger partial charge in [0.1, 0.15) is 17.1 Å². The highest BCUT2D eigenvalue weighted by Gasteiger charge is 2.12. The van der Waals surface area contributed by atoms with Gasteiger partial charge in [-0.15, -0.1) is 0 Å². The SMILES string of the molecule is Nc1ccc(Oc2cc(F)c(Cl)cc2Br)c2ncccc12. The molecule has 3 aromatic rings. The molecule has 0 spiro atoms. The molecule has 3 rings (SSSR count). The first-order valence-corrected chi connectivity index (χ1v) is 7.19. The molecule has 106 valence electrons. The van der Waals surface area contributed by atoms with Gasteiger partial charge in [-0.2, -0.15) is 0 Å². The zero-order valence-electron chi connectivity index (χ0n) is 10.6. The third-order valence-corrected chi connectivity index (χ3v) is 3.87. The van der Waals surface area contributed by atoms with Crippen LogP contribution in [0.1, 0.15) is 0 Å². The molecule has 0 unspecified atom stereocenters. The minimum Gasteiger partial charge on any atom is -0.454 e. The van der Waals surface area contributed by atoms with E-state index in [0.29, 0.717) is 27.2 Å². The van der Waals surface area contributed by atoms with Crippen LogP contribution in [0.25, 0.3) is 10.9 Å². The fourth-order valence-corrected chi connectivity index (χ4v) is 2.67. The first-order valence-electron chi connectivity index (χ1n) is 6.02. The fourth-order valence-electron chi connectivity index (χ4n) is 1.95. The van der Waals surface area contributed by atoms with E-state index >= 15 is 0 Å². The Hall–Kier alpha value is -1.85. The van der Waals surface area contributed by atoms with Crippen molar-refractivity contribution in [1.82, 2.24) is 4.98 Å². The van der Waals surface area contributed by atoms with E-state index in [9.17, 15) is 4.39 Å². The molecule has 0 radical (unpaired) electrons. The second-order valence-corrected chi connectivity index (χ2v) is 5.61. The van der Waals surface area contributed by atoms with Crippen molar-refractivity contribution in [2.75, 3.05) is 5.73 Å². The molecule has 2 N–H and O–H groups in total. The van der Waals surface area contributed by atoms with Crippen LogP contribution in [0.5, 0.6) is 11.5 Å². The van der Waals surface area contributed by atoms with Crippen LogP contribution in [0.3, 0.4) is 0 Å². The molecule has 0 aliphatic carbocycles. The Morgan fingerprint density at radius 1 is 1.19 bits per heavy atom. The van der Waals surface area contributed by atoms with Gasteiger partial charge in [-0.25, -0.2) is 4.39 Å². The van der Waals surface area contributed by atoms with Crippen molar-refractivity contribution >= 4 is 44.1 Å². The molecular formula is C15H9BrClFN2O. The van der Waals surface area contributed by atoms with Crippen LogP contribution in [0, 0.1) is 5.82 Å². The molecule has 2 aromatic carbocycles. The Kier molecular flexibility index (Phi) is 3.69. The van der Waals surface area contributed by atoms with Gasteiger partial charge in [-0.05, 0) is 46.3 Å². The second kappa shape index (κ2) is 5.50. The number of anilines is 1. The average molecular weight is 368 g/mol. The monoisotopic (exact) mass is 366 g/mol. The van der Waals surface area contributed by atoms with Crippen LogP contribution in [-0.4, -0.2) is 4.98 Å². The van der Waals surface area contributed by atoms with E-state index in [-0.39, 0.29) is 5.02 Å². The number of benzene rings is 2. The predicted octanol–water partition coefficient (Wildman–Crippen LogP) is 5.16. The van der Waals surface area contributed by atoms with Crippen LogP contribution in [-0.2, 0) is 0 Å². The molecular weight excluding hydrogens is 359 g/mol. The molecule has 1 heterocycles. The maximum Gasteiger partial charge on any atom is 0.153 e. The molecule has 0 saturated heterocycles. The van der Waals surface area contributed by atoms with Crippen LogP contribution in [0.4, 0.5) is 10.1 Å². The number of hydrogen-bond donors (Lipinski definition) is 1. The average Bonchev–Trinajstić information content (AvgIpc) is 2.48. The molecule has 1 aromatic heterocycles. The molecule has 6 heteroatoms. The Labute approximate surface area is 133 Å². The Morgan fingerprint density at radius 3 is 2.81 bits per heavy atom. The third kappa shape index (κ3) is 2.66. The number of nitrogens with zero attached hydrogens (tertiary/aromatic N) is 1. The van der Waals surface area contributed by atoms with E-state index in [1.807, 2.05) is 6.07 Å². The molecule has 0 fully saturated rings. The van der Waals surface area contributed by atoms with Crippen molar-refractivity contribution < 1.29 is 9.13 Å². The van der Waals surface area contributed by atoms with Gasteiger partial charge in [0.25, 0.3) is 0 Å². The minimum atomic E-state index is -0.553. The van der Waals surface area contributed by atoms with Gasteiger partial charge in [0.2, 0.25) is 0 Å². The minimum absolute atomic E-state index is 0.0227. The summed E-state index contributed by atoms with van der Waals surface area (Å²) in [6, 6.07) is 9.72. The summed E-state index contributed by atoms with van der Waals surface area (Å²) in [5, 5.41) is 0.801. The van der Waals surface area contributed by atoms with Crippen molar-refractivity contribution in [3.63, 3.8) is 0 Å². The maximum atomic E-state index is 13.6. The number of hydrogen-bond acceptors (Lipinski definition) is 3. The zero-order valence-corrected chi connectivity index (χ0v) is 13.0. The first kappa shape index (κ1) is 14.1. The predicted molar refractivity (Wildman–Crippen MR) is 85.3 cm³/mol. The Bertz CT molecular complexity index is 841. The van der Waals surface area contributed by atoms with E-state index in [2.05, 4.69) is 20.9 Å². The van der Waals surface area contributed by atoms with Crippen LogP contribution >= 0.6 is 27.5 Å². The smallest absolute Gasteiger partial charge is 0.153 e. The third-order valence-electron chi connectivity index (χ3n) is 2.96. The Morgan fingerprint density at radius 2 is 2.00 bits per heavy atom. The standard InChI is InChI=1S/C15H9BrClFN2O/c16-9-6-10(17)11(18)7-14(9)21-13-4-3-12(19)8-2-1-5-20-15(8)13/h1-7H,19H2. The summed E-state index contributed by atoms with van der Waals surface area (Å²) in [7, 11) is 0. The highest BCUT2D eigenvalue weighted by molar-refractivity contribution is 9.10. The number of rotatable bonds is 2. The highest BCUT2D eigenvalue weighted by Crippen LogP contribution is 2.37. The van der Waals surface area contributed by atoms with Crippen molar-refractivity contribution in [1.29, 1.82) is 0 Å². The zero-order chi connectivity index (χ0) is 15.0. The Balaban J connectivity index is 2.11. The molecule has 0 aliphatic heterocycles. The number of aromatic nitrogens is 1. The summed E-state index contributed by atoms with van der Waals surface area (Å²) in [4.78, 5) is 4.27. The number of nitrogens with two attached hydrogens (primary N) is 1. The number of ether oxygens (including phenoxy) is 1. The molecule has 0 atom stereocenters. The lowest BCUT2D eigenvalue weighted by Crippen LogP contribution is -1.93. The summed E-state index contributed by atoms with van der Waals surface area (Å²) in [6.07, 6.45) is 1.64. The lowest BCUT2D eigenvalue weighted by atomic mass is 10.1. The highest BCUT2D eigenvalue weighted by atomic mass is 79.9. The van der Waals surface area contributed by atoms with Crippen molar-refractivity contribution in [3.8, 4) is 11.5 Å². The summed E-state index contributed by atoms with van der Waals surface area (Å²) in [5.41, 5.74) is 7.12. The number of pyridine rings is 1. The largest absolute Gasteiger partial charge is 0.454 e. The van der Waals surface area contributed by atoms with Gasteiger partial charge in [0, 0.05) is 23.3 Å². The summed E-state index contributed by atoms with van der Waals surface area (Å²) < 4.78 is 19.9. The molecule has 0 aliphatic rings. The van der Waals surface area contributed by atoms with Crippen molar-refractivity contribution in [2.24, 2.45) is 0 Å².